The van der Waals surface area contributed by atoms with Crippen LogP contribution < -0.4 is 15.3 Å². The van der Waals surface area contributed by atoms with Crippen LogP contribution in [-0.4, -0.2) is 51.8 Å². The Labute approximate surface area is 256 Å². The molecular weight excluding hydrogens is 622 g/mol. The van der Waals surface area contributed by atoms with Crippen LogP contribution in [-0.2, 0) is 42.4 Å². The summed E-state index contributed by atoms with van der Waals surface area (Å²) < 4.78 is 53.8. The zero-order valence-corrected chi connectivity index (χ0v) is 26.2. The minimum atomic E-state index is -4.23. The highest BCUT2D eigenvalue weighted by atomic mass is 35.5. The first kappa shape index (κ1) is 35.3. The van der Waals surface area contributed by atoms with Gasteiger partial charge in [0.1, 0.15) is 10.6 Å². The normalized spacial score (nSPS) is 11.9. The predicted octanol–water partition coefficient (Wildman–Crippen LogP) is 3.70. The number of halogens is 1. The number of hydrogen-bond donors (Lipinski definition) is 4. The highest BCUT2D eigenvalue weighted by Gasteiger charge is 2.22. The molecule has 3 aromatic rings. The molecular formula is C28H34ClN3O9S2. The van der Waals surface area contributed by atoms with Crippen molar-refractivity contribution in [3.63, 3.8) is 0 Å². The van der Waals surface area contributed by atoms with E-state index in [2.05, 4.69) is 9.88 Å². The maximum Gasteiger partial charge on any atom is 0.352 e. The zero-order chi connectivity index (χ0) is 31.1. The Kier molecular flexibility index (Phi) is 12.4. The van der Waals surface area contributed by atoms with Gasteiger partial charge in [0.2, 0.25) is 10.0 Å². The topological polar surface area (TPSA) is 195 Å². The molecule has 0 saturated heterocycles. The van der Waals surface area contributed by atoms with Crippen molar-refractivity contribution in [1.82, 2.24) is 4.72 Å². The summed E-state index contributed by atoms with van der Waals surface area (Å²) in [6.07, 6.45) is 3.50. The quantitative estimate of drug-likeness (QED) is 0.0693. The van der Waals surface area contributed by atoms with E-state index >= 15 is 0 Å². The van der Waals surface area contributed by atoms with Crippen LogP contribution in [0, 0.1) is 0 Å². The van der Waals surface area contributed by atoms with Gasteiger partial charge in [-0.1, -0.05) is 48.8 Å². The van der Waals surface area contributed by atoms with Crippen molar-refractivity contribution in [2.75, 3.05) is 12.8 Å². The molecule has 0 spiro atoms. The number of carbonyl (C=O) groups is 1. The van der Waals surface area contributed by atoms with E-state index in [1.54, 1.807) is 30.3 Å². The Balaban J connectivity index is 0.00000645. The van der Waals surface area contributed by atoms with Gasteiger partial charge in [-0.15, -0.1) is 12.4 Å². The number of phenols is 1. The summed E-state index contributed by atoms with van der Waals surface area (Å²) in [6, 6.07) is 13.5. The average molecular weight is 656 g/mol. The van der Waals surface area contributed by atoms with E-state index in [1.165, 1.54) is 12.1 Å². The van der Waals surface area contributed by atoms with Gasteiger partial charge in [-0.2, -0.15) is 0 Å². The monoisotopic (exact) mass is 655 g/mol. The summed E-state index contributed by atoms with van der Waals surface area (Å²) in [4.78, 5) is 21.2. The second-order valence-electron chi connectivity index (χ2n) is 9.47. The molecule has 0 bridgehead atoms. The largest absolute Gasteiger partial charge is 0.507 e. The minimum Gasteiger partial charge on any atom is -0.507 e. The number of sulfone groups is 1. The number of carbonyl (C=O) groups excluding carboxylic acids is 1. The zero-order valence-electron chi connectivity index (χ0n) is 23.7. The van der Waals surface area contributed by atoms with Gasteiger partial charge < -0.3 is 16.0 Å². The fraction of sp³-hybridized carbons (Fsp3) is 0.286. The van der Waals surface area contributed by atoms with Crippen molar-refractivity contribution >= 4 is 44.1 Å². The molecule has 0 radical (unpaired) electrons. The summed E-state index contributed by atoms with van der Waals surface area (Å²) >= 11 is 0. The molecule has 0 unspecified atom stereocenters. The number of unbranched alkanes of at least 4 members (excludes halogenated alkanes) is 1. The molecule has 3 rings (SSSR count). The van der Waals surface area contributed by atoms with Crippen molar-refractivity contribution in [3.8, 4) is 22.6 Å². The van der Waals surface area contributed by atoms with Crippen molar-refractivity contribution in [2.24, 2.45) is 10.9 Å². The number of benzene rings is 3. The maximum absolute atomic E-state index is 12.9. The number of aromatic hydroxyl groups is 1. The third-order valence-corrected chi connectivity index (χ3v) is 8.95. The van der Waals surface area contributed by atoms with Crippen LogP contribution >= 0.6 is 12.4 Å². The van der Waals surface area contributed by atoms with Gasteiger partial charge in [0, 0.05) is 36.4 Å². The number of phenolic OH excluding ortho intramolecular Hbond substituents is 1. The molecule has 0 aliphatic rings. The summed E-state index contributed by atoms with van der Waals surface area (Å²) in [5.41, 5.74) is 7.69. The fourth-order valence-corrected chi connectivity index (χ4v) is 6.65. The van der Waals surface area contributed by atoms with Crippen LogP contribution in [0.3, 0.4) is 0 Å². The molecule has 15 heteroatoms. The molecule has 0 fully saturated rings. The molecule has 0 atom stereocenters. The molecule has 0 heterocycles. The molecule has 3 aromatic carbocycles. The number of sulfonamides is 1. The van der Waals surface area contributed by atoms with Crippen LogP contribution in [0.15, 0.2) is 69.5 Å². The highest BCUT2D eigenvalue weighted by Crippen LogP contribution is 2.35. The van der Waals surface area contributed by atoms with E-state index in [9.17, 15) is 26.7 Å². The van der Waals surface area contributed by atoms with Gasteiger partial charge in [-0.05, 0) is 54.7 Å². The number of rotatable bonds is 13. The van der Waals surface area contributed by atoms with Gasteiger partial charge in [0.25, 0.3) is 0 Å². The van der Waals surface area contributed by atoms with E-state index < -0.39 is 36.5 Å². The molecule has 0 amide bonds. The lowest BCUT2D eigenvalue weighted by molar-refractivity contribution is -0.211. The van der Waals surface area contributed by atoms with Crippen LogP contribution in [0.2, 0.25) is 0 Å². The molecule has 0 saturated carbocycles. The number of nitrogens with one attached hydrogen (secondary N) is 1. The smallest absolute Gasteiger partial charge is 0.352 e. The third-order valence-electron chi connectivity index (χ3n) is 6.23. The molecule has 43 heavy (non-hydrogen) atoms. The van der Waals surface area contributed by atoms with E-state index in [1.807, 2.05) is 6.92 Å². The SMILES string of the molecule is CCCCc1cccc(-c2ccc(CCNS(=O)(=O)c3cc(C(N)=NO)ccc3O)c(OOC(C)=O)c2)c1S(C)(=O)=O.Cl. The number of oxime groups is 1. The molecule has 0 aliphatic carbocycles. The molecule has 0 aromatic heterocycles. The van der Waals surface area contributed by atoms with Crippen LogP contribution in [0.4, 0.5) is 0 Å². The van der Waals surface area contributed by atoms with Crippen molar-refractivity contribution in [2.45, 2.75) is 49.3 Å². The Hall–Kier alpha value is -3.85. The average Bonchev–Trinajstić information content (AvgIpc) is 2.94. The van der Waals surface area contributed by atoms with Gasteiger partial charge in [-0.3, -0.25) is 9.78 Å². The number of amidine groups is 1. The Bertz CT molecular complexity index is 1710. The molecule has 5 N–H and O–H groups in total. The maximum atomic E-state index is 12.9. The summed E-state index contributed by atoms with van der Waals surface area (Å²) in [6.45, 7) is 3.00. The van der Waals surface area contributed by atoms with Gasteiger partial charge in [-0.25, -0.2) is 26.4 Å². The first-order valence-corrected chi connectivity index (χ1v) is 16.3. The predicted molar refractivity (Wildman–Crippen MR) is 163 cm³/mol. The standard InChI is InChI=1S/C28H33N3O9S2.ClH/c1-4-5-7-20-8-6-9-23(27(20)41(3,35)36)21-11-10-19(25(16-21)40-39-18(2)32)14-15-30-42(37,38)26-17-22(28(29)31-34)12-13-24(26)33;/h6,8-13,16-17,30,33-34H,4-5,7,14-15H2,1-3H3,(H2,29,31);1H. The first-order chi connectivity index (χ1) is 19.8. The Morgan fingerprint density at radius 1 is 1.02 bits per heavy atom. The van der Waals surface area contributed by atoms with Crippen molar-refractivity contribution < 1.29 is 41.7 Å². The van der Waals surface area contributed by atoms with E-state index in [4.69, 9.17) is 20.7 Å². The molecule has 234 valence electrons. The molecule has 12 nitrogen and oxygen atoms in total. The van der Waals surface area contributed by atoms with Crippen LogP contribution in [0.25, 0.3) is 11.1 Å². The van der Waals surface area contributed by atoms with E-state index in [0.717, 1.165) is 38.2 Å². The second kappa shape index (κ2) is 15.0. The number of aryl methyl sites for hydroxylation is 1. The number of nitrogens with zero attached hydrogens (tertiary/aromatic N) is 1. The second-order valence-corrected chi connectivity index (χ2v) is 13.2. The summed E-state index contributed by atoms with van der Waals surface area (Å²) in [7, 11) is -7.85. The summed E-state index contributed by atoms with van der Waals surface area (Å²) in [5.74, 6) is -1.53. The van der Waals surface area contributed by atoms with Crippen LogP contribution in [0.1, 0.15) is 43.4 Å². The number of nitrogens with two attached hydrogens (primary N) is 1. The van der Waals surface area contributed by atoms with E-state index in [0.29, 0.717) is 28.7 Å². The van der Waals surface area contributed by atoms with Gasteiger partial charge in [0.15, 0.2) is 21.4 Å². The lowest BCUT2D eigenvalue weighted by atomic mass is 9.98. The van der Waals surface area contributed by atoms with Crippen LogP contribution in [0.5, 0.6) is 11.5 Å². The van der Waals surface area contributed by atoms with E-state index in [-0.39, 0.29) is 47.4 Å². The molecule has 0 aliphatic heterocycles. The van der Waals surface area contributed by atoms with Gasteiger partial charge >= 0.3 is 5.97 Å². The minimum absolute atomic E-state index is 0. The first-order valence-electron chi connectivity index (χ1n) is 12.9. The lowest BCUT2D eigenvalue weighted by Gasteiger charge is -2.16. The fourth-order valence-electron chi connectivity index (χ4n) is 4.27. The Morgan fingerprint density at radius 3 is 2.37 bits per heavy atom. The number of hydrogen-bond acceptors (Lipinski definition) is 10. The Morgan fingerprint density at radius 2 is 1.74 bits per heavy atom. The van der Waals surface area contributed by atoms with Gasteiger partial charge in [0.05, 0.1) is 4.90 Å². The lowest BCUT2D eigenvalue weighted by Crippen LogP contribution is -2.26. The highest BCUT2D eigenvalue weighted by molar-refractivity contribution is 7.91. The van der Waals surface area contributed by atoms with Crippen molar-refractivity contribution in [1.29, 1.82) is 0 Å². The van der Waals surface area contributed by atoms with Crippen molar-refractivity contribution in [3.05, 3.63) is 71.3 Å². The summed E-state index contributed by atoms with van der Waals surface area (Å²) in [5, 5.41) is 21.8. The third kappa shape index (κ3) is 9.07.